The summed E-state index contributed by atoms with van der Waals surface area (Å²) in [6, 6.07) is 5.27. The minimum atomic E-state index is -0.184. The van der Waals surface area contributed by atoms with Crippen molar-refractivity contribution in [3.8, 4) is 0 Å². The lowest BCUT2D eigenvalue weighted by Crippen LogP contribution is -2.18. The summed E-state index contributed by atoms with van der Waals surface area (Å²) in [6.07, 6.45) is 6.72. The largest absolute Gasteiger partial charge is 0.330 e. The SMILES string of the molecule is Cc1ccncc1NC(=O)n1cccc1. The standard InChI is InChI=1S/C11H11N3O/c1-9-4-5-12-8-10(9)13-11(15)14-6-2-3-7-14/h2-8H,1H3,(H,13,15). The summed E-state index contributed by atoms with van der Waals surface area (Å²) >= 11 is 0. The molecular weight excluding hydrogens is 190 g/mol. The number of hydrogen-bond donors (Lipinski definition) is 1. The minimum absolute atomic E-state index is 0.184. The molecule has 0 saturated carbocycles. The first kappa shape index (κ1) is 9.45. The zero-order chi connectivity index (χ0) is 10.7. The van der Waals surface area contributed by atoms with E-state index in [-0.39, 0.29) is 6.03 Å². The molecule has 2 aromatic heterocycles. The summed E-state index contributed by atoms with van der Waals surface area (Å²) in [5.41, 5.74) is 1.72. The van der Waals surface area contributed by atoms with E-state index < -0.39 is 0 Å². The molecule has 0 saturated heterocycles. The summed E-state index contributed by atoms with van der Waals surface area (Å²) in [4.78, 5) is 15.6. The van der Waals surface area contributed by atoms with Crippen molar-refractivity contribution in [3.63, 3.8) is 0 Å². The molecule has 0 aliphatic heterocycles. The number of amides is 1. The van der Waals surface area contributed by atoms with E-state index in [4.69, 9.17) is 0 Å². The highest BCUT2D eigenvalue weighted by molar-refractivity contribution is 5.91. The number of hydrogen-bond acceptors (Lipinski definition) is 2. The molecule has 2 rings (SSSR count). The highest BCUT2D eigenvalue weighted by atomic mass is 16.2. The summed E-state index contributed by atoms with van der Waals surface area (Å²) in [6.45, 7) is 1.92. The monoisotopic (exact) mass is 201 g/mol. The van der Waals surface area contributed by atoms with Gasteiger partial charge in [-0.2, -0.15) is 0 Å². The number of carbonyl (C=O) groups is 1. The molecule has 0 aliphatic carbocycles. The predicted octanol–water partition coefficient (Wildman–Crippen LogP) is 2.27. The number of rotatable bonds is 1. The van der Waals surface area contributed by atoms with Gasteiger partial charge in [0, 0.05) is 18.6 Å². The van der Waals surface area contributed by atoms with Crippen LogP contribution in [0.5, 0.6) is 0 Å². The Bertz CT molecular complexity index is 462. The van der Waals surface area contributed by atoms with Crippen LogP contribution in [-0.2, 0) is 0 Å². The summed E-state index contributed by atoms with van der Waals surface area (Å²) in [5.74, 6) is 0. The summed E-state index contributed by atoms with van der Waals surface area (Å²) < 4.78 is 1.48. The Morgan fingerprint density at radius 2 is 2.13 bits per heavy atom. The Morgan fingerprint density at radius 1 is 1.40 bits per heavy atom. The van der Waals surface area contributed by atoms with E-state index in [1.54, 1.807) is 36.9 Å². The molecule has 4 heteroatoms. The van der Waals surface area contributed by atoms with Gasteiger partial charge in [-0.15, -0.1) is 0 Å². The molecule has 0 fully saturated rings. The molecule has 2 heterocycles. The second kappa shape index (κ2) is 3.96. The van der Waals surface area contributed by atoms with Gasteiger partial charge in [-0.05, 0) is 30.7 Å². The van der Waals surface area contributed by atoms with Crippen LogP contribution < -0.4 is 5.32 Å². The lowest BCUT2D eigenvalue weighted by atomic mass is 10.2. The Balaban J connectivity index is 2.17. The number of carbonyl (C=O) groups excluding carboxylic acids is 1. The van der Waals surface area contributed by atoms with Crippen molar-refractivity contribution in [2.24, 2.45) is 0 Å². The molecule has 2 aromatic rings. The fraction of sp³-hybridized carbons (Fsp3) is 0.0909. The van der Waals surface area contributed by atoms with Crippen LogP contribution in [0.1, 0.15) is 5.56 Å². The molecule has 0 aromatic carbocycles. The number of anilines is 1. The highest BCUT2D eigenvalue weighted by Gasteiger charge is 2.04. The topological polar surface area (TPSA) is 46.9 Å². The fourth-order valence-corrected chi connectivity index (χ4v) is 1.24. The van der Waals surface area contributed by atoms with Gasteiger partial charge in [0.25, 0.3) is 0 Å². The number of aryl methyl sites for hydroxylation is 1. The third-order valence-corrected chi connectivity index (χ3v) is 2.12. The molecule has 1 amide bonds. The van der Waals surface area contributed by atoms with Crippen molar-refractivity contribution >= 4 is 11.7 Å². The number of aromatic nitrogens is 2. The van der Waals surface area contributed by atoms with Crippen molar-refractivity contribution in [2.45, 2.75) is 6.92 Å². The first-order chi connectivity index (χ1) is 7.27. The van der Waals surface area contributed by atoms with Crippen LogP contribution in [0.3, 0.4) is 0 Å². The molecule has 0 bridgehead atoms. The summed E-state index contributed by atoms with van der Waals surface area (Å²) in [7, 11) is 0. The molecule has 15 heavy (non-hydrogen) atoms. The zero-order valence-corrected chi connectivity index (χ0v) is 8.34. The van der Waals surface area contributed by atoms with Crippen LogP contribution >= 0.6 is 0 Å². The zero-order valence-electron chi connectivity index (χ0n) is 8.34. The Kier molecular flexibility index (Phi) is 2.49. The van der Waals surface area contributed by atoms with E-state index in [9.17, 15) is 4.79 Å². The average molecular weight is 201 g/mol. The minimum Gasteiger partial charge on any atom is -0.306 e. The summed E-state index contributed by atoms with van der Waals surface area (Å²) in [5, 5.41) is 2.77. The lowest BCUT2D eigenvalue weighted by molar-refractivity contribution is 0.253. The van der Waals surface area contributed by atoms with Crippen LogP contribution in [-0.4, -0.2) is 15.6 Å². The van der Waals surface area contributed by atoms with E-state index in [2.05, 4.69) is 10.3 Å². The van der Waals surface area contributed by atoms with E-state index in [1.165, 1.54) is 4.57 Å². The van der Waals surface area contributed by atoms with Gasteiger partial charge in [0.2, 0.25) is 0 Å². The molecule has 1 N–H and O–H groups in total. The first-order valence-corrected chi connectivity index (χ1v) is 4.62. The first-order valence-electron chi connectivity index (χ1n) is 4.62. The molecular formula is C11H11N3O. The van der Waals surface area contributed by atoms with E-state index in [0.29, 0.717) is 0 Å². The van der Waals surface area contributed by atoms with Gasteiger partial charge in [-0.25, -0.2) is 4.79 Å². The fourth-order valence-electron chi connectivity index (χ4n) is 1.24. The molecule has 76 valence electrons. The number of nitrogens with one attached hydrogen (secondary N) is 1. The predicted molar refractivity (Wildman–Crippen MR) is 57.8 cm³/mol. The van der Waals surface area contributed by atoms with Gasteiger partial charge in [0.15, 0.2) is 0 Å². The van der Waals surface area contributed by atoms with Crippen LogP contribution in [0.4, 0.5) is 10.5 Å². The van der Waals surface area contributed by atoms with Crippen molar-refractivity contribution in [1.82, 2.24) is 9.55 Å². The van der Waals surface area contributed by atoms with Crippen LogP contribution in [0, 0.1) is 6.92 Å². The molecule has 0 radical (unpaired) electrons. The van der Waals surface area contributed by atoms with E-state index in [0.717, 1.165) is 11.3 Å². The van der Waals surface area contributed by atoms with Gasteiger partial charge in [0.05, 0.1) is 11.9 Å². The molecule has 0 atom stereocenters. The Hall–Kier alpha value is -2.10. The van der Waals surface area contributed by atoms with Gasteiger partial charge in [-0.1, -0.05) is 0 Å². The average Bonchev–Trinajstić information content (AvgIpc) is 2.74. The maximum atomic E-state index is 11.7. The van der Waals surface area contributed by atoms with Gasteiger partial charge in [-0.3, -0.25) is 9.55 Å². The van der Waals surface area contributed by atoms with Gasteiger partial charge >= 0.3 is 6.03 Å². The maximum absolute atomic E-state index is 11.7. The molecule has 0 spiro atoms. The van der Waals surface area contributed by atoms with Crippen molar-refractivity contribution in [2.75, 3.05) is 5.32 Å². The molecule has 4 nitrogen and oxygen atoms in total. The second-order valence-corrected chi connectivity index (χ2v) is 3.21. The third kappa shape index (κ3) is 2.04. The van der Waals surface area contributed by atoms with Crippen molar-refractivity contribution < 1.29 is 4.79 Å². The third-order valence-electron chi connectivity index (χ3n) is 2.12. The van der Waals surface area contributed by atoms with Crippen LogP contribution in [0.15, 0.2) is 43.0 Å². The van der Waals surface area contributed by atoms with Crippen LogP contribution in [0.25, 0.3) is 0 Å². The number of nitrogens with zero attached hydrogens (tertiary/aromatic N) is 2. The second-order valence-electron chi connectivity index (χ2n) is 3.21. The van der Waals surface area contributed by atoms with Gasteiger partial charge in [0.1, 0.15) is 0 Å². The lowest BCUT2D eigenvalue weighted by Gasteiger charge is -2.07. The maximum Gasteiger partial charge on any atom is 0.330 e. The van der Waals surface area contributed by atoms with E-state index in [1.807, 2.05) is 13.0 Å². The molecule has 0 unspecified atom stereocenters. The number of pyridine rings is 1. The van der Waals surface area contributed by atoms with Crippen molar-refractivity contribution in [3.05, 3.63) is 48.5 Å². The van der Waals surface area contributed by atoms with Gasteiger partial charge < -0.3 is 5.32 Å². The Labute approximate surface area is 87.6 Å². The van der Waals surface area contributed by atoms with Crippen LogP contribution in [0.2, 0.25) is 0 Å². The smallest absolute Gasteiger partial charge is 0.306 e. The quantitative estimate of drug-likeness (QED) is 0.769. The normalized spacial score (nSPS) is 9.93. The highest BCUT2D eigenvalue weighted by Crippen LogP contribution is 2.11. The molecule has 0 aliphatic rings. The van der Waals surface area contributed by atoms with E-state index >= 15 is 0 Å². The van der Waals surface area contributed by atoms with Crippen molar-refractivity contribution in [1.29, 1.82) is 0 Å². The Morgan fingerprint density at radius 3 is 2.80 bits per heavy atom.